The van der Waals surface area contributed by atoms with E-state index in [-0.39, 0.29) is 0 Å². The van der Waals surface area contributed by atoms with Crippen LogP contribution in [-0.4, -0.2) is 6.54 Å². The Labute approximate surface area is 98.4 Å². The summed E-state index contributed by atoms with van der Waals surface area (Å²) in [6.45, 7) is 5.63. The zero-order valence-corrected chi connectivity index (χ0v) is 10.5. The van der Waals surface area contributed by atoms with E-state index in [1.165, 1.54) is 32.1 Å². The van der Waals surface area contributed by atoms with E-state index in [0.29, 0.717) is 11.5 Å². The molecular weight excluding hydrogens is 198 g/mol. The van der Waals surface area contributed by atoms with Gasteiger partial charge in [0, 0.05) is 6.54 Å². The molecule has 1 aliphatic carbocycles. The fourth-order valence-electron chi connectivity index (χ4n) is 2.79. The lowest BCUT2D eigenvalue weighted by molar-refractivity contribution is 0.252. The first kappa shape index (κ1) is 11.7. The van der Waals surface area contributed by atoms with E-state index in [9.17, 15) is 0 Å². The van der Waals surface area contributed by atoms with Crippen molar-refractivity contribution in [1.82, 2.24) is 5.32 Å². The highest BCUT2D eigenvalue weighted by Crippen LogP contribution is 2.40. The molecule has 0 amide bonds. The van der Waals surface area contributed by atoms with Crippen LogP contribution >= 0.6 is 0 Å². The molecule has 0 saturated heterocycles. The summed E-state index contributed by atoms with van der Waals surface area (Å²) >= 11 is 0. The maximum atomic E-state index is 5.41. The van der Waals surface area contributed by atoms with E-state index in [2.05, 4.69) is 19.2 Å². The Morgan fingerprint density at radius 1 is 1.44 bits per heavy atom. The van der Waals surface area contributed by atoms with Crippen LogP contribution in [0.2, 0.25) is 0 Å². The molecule has 0 aliphatic heterocycles. The number of hydrogen-bond donors (Lipinski definition) is 1. The molecule has 2 nitrogen and oxygen atoms in total. The smallest absolute Gasteiger partial charge is 0.120 e. The Morgan fingerprint density at radius 3 is 2.75 bits per heavy atom. The van der Waals surface area contributed by atoms with Gasteiger partial charge in [-0.15, -0.1) is 0 Å². The van der Waals surface area contributed by atoms with Crippen molar-refractivity contribution in [3.05, 3.63) is 24.2 Å². The molecule has 1 aliphatic rings. The molecule has 1 fully saturated rings. The minimum absolute atomic E-state index is 0.332. The van der Waals surface area contributed by atoms with E-state index in [4.69, 9.17) is 4.42 Å². The SMILES string of the molecule is CCC1(CNC(C)c2ccco2)CCCC1. The van der Waals surface area contributed by atoms with Crippen molar-refractivity contribution in [1.29, 1.82) is 0 Å². The topological polar surface area (TPSA) is 25.2 Å². The molecule has 16 heavy (non-hydrogen) atoms. The summed E-state index contributed by atoms with van der Waals surface area (Å²) in [7, 11) is 0. The lowest BCUT2D eigenvalue weighted by Crippen LogP contribution is -2.33. The fourth-order valence-corrected chi connectivity index (χ4v) is 2.79. The number of hydrogen-bond acceptors (Lipinski definition) is 2. The van der Waals surface area contributed by atoms with E-state index < -0.39 is 0 Å². The van der Waals surface area contributed by atoms with Gasteiger partial charge in [0.2, 0.25) is 0 Å². The molecule has 1 atom stereocenters. The third kappa shape index (κ3) is 2.49. The van der Waals surface area contributed by atoms with Crippen molar-refractivity contribution in [2.75, 3.05) is 6.54 Å². The predicted molar refractivity (Wildman–Crippen MR) is 66.3 cm³/mol. The van der Waals surface area contributed by atoms with E-state index in [1.807, 2.05) is 12.1 Å². The second-order valence-electron chi connectivity index (χ2n) is 5.18. The molecule has 0 spiro atoms. The lowest BCUT2D eigenvalue weighted by Gasteiger charge is -2.29. The Hall–Kier alpha value is -0.760. The van der Waals surface area contributed by atoms with Gasteiger partial charge in [0.25, 0.3) is 0 Å². The number of nitrogens with one attached hydrogen (secondary N) is 1. The van der Waals surface area contributed by atoms with Crippen molar-refractivity contribution in [3.63, 3.8) is 0 Å². The minimum atomic E-state index is 0.332. The monoisotopic (exact) mass is 221 g/mol. The van der Waals surface area contributed by atoms with Gasteiger partial charge in [-0.1, -0.05) is 19.8 Å². The molecule has 1 N–H and O–H groups in total. The molecule has 0 bridgehead atoms. The van der Waals surface area contributed by atoms with E-state index in [1.54, 1.807) is 6.26 Å². The summed E-state index contributed by atoms with van der Waals surface area (Å²) in [5.41, 5.74) is 0.556. The predicted octanol–water partition coefficient (Wildman–Crippen LogP) is 3.90. The van der Waals surface area contributed by atoms with Crippen LogP contribution in [0.3, 0.4) is 0 Å². The van der Waals surface area contributed by atoms with Crippen molar-refractivity contribution in [3.8, 4) is 0 Å². The molecule has 1 unspecified atom stereocenters. The fraction of sp³-hybridized carbons (Fsp3) is 0.714. The zero-order valence-electron chi connectivity index (χ0n) is 10.5. The maximum Gasteiger partial charge on any atom is 0.120 e. The molecule has 2 rings (SSSR count). The Balaban J connectivity index is 1.86. The number of furan rings is 1. The average molecular weight is 221 g/mol. The molecule has 1 saturated carbocycles. The molecule has 0 radical (unpaired) electrons. The summed E-state index contributed by atoms with van der Waals surface area (Å²) in [5.74, 6) is 1.05. The highest BCUT2D eigenvalue weighted by molar-refractivity contribution is 5.03. The summed E-state index contributed by atoms with van der Waals surface area (Å²) in [6.07, 6.45) is 8.64. The summed E-state index contributed by atoms with van der Waals surface area (Å²) < 4.78 is 5.41. The van der Waals surface area contributed by atoms with Crippen LogP contribution in [0.5, 0.6) is 0 Å². The van der Waals surface area contributed by atoms with Gasteiger partial charge in [0.05, 0.1) is 12.3 Å². The summed E-state index contributed by atoms with van der Waals surface area (Å²) in [6, 6.07) is 4.34. The summed E-state index contributed by atoms with van der Waals surface area (Å²) in [5, 5.41) is 3.62. The molecule has 90 valence electrons. The molecule has 1 heterocycles. The normalized spacial score (nSPS) is 21.1. The molecule has 1 aromatic rings. The van der Waals surface area contributed by atoms with Crippen LogP contribution < -0.4 is 5.32 Å². The Morgan fingerprint density at radius 2 is 2.19 bits per heavy atom. The largest absolute Gasteiger partial charge is 0.468 e. The van der Waals surface area contributed by atoms with Gasteiger partial charge in [-0.25, -0.2) is 0 Å². The first-order chi connectivity index (χ1) is 7.76. The quantitative estimate of drug-likeness (QED) is 0.815. The third-order valence-electron chi connectivity index (χ3n) is 4.17. The standard InChI is InChI=1S/C14H23NO/c1-3-14(8-4-5-9-14)11-15-12(2)13-7-6-10-16-13/h6-7,10,12,15H,3-5,8-9,11H2,1-2H3. The average Bonchev–Trinajstić information content (AvgIpc) is 2.98. The van der Waals surface area contributed by atoms with Crippen molar-refractivity contribution >= 4 is 0 Å². The first-order valence-corrected chi connectivity index (χ1v) is 6.52. The van der Waals surface area contributed by atoms with E-state index in [0.717, 1.165) is 12.3 Å². The van der Waals surface area contributed by atoms with E-state index >= 15 is 0 Å². The first-order valence-electron chi connectivity index (χ1n) is 6.52. The zero-order chi connectivity index (χ0) is 11.4. The summed E-state index contributed by atoms with van der Waals surface area (Å²) in [4.78, 5) is 0. The minimum Gasteiger partial charge on any atom is -0.468 e. The van der Waals surface area contributed by atoms with Gasteiger partial charge in [-0.05, 0) is 43.7 Å². The van der Waals surface area contributed by atoms with Crippen molar-refractivity contribution in [2.24, 2.45) is 5.41 Å². The van der Waals surface area contributed by atoms with Gasteiger partial charge in [-0.3, -0.25) is 0 Å². The number of rotatable bonds is 5. The second-order valence-corrected chi connectivity index (χ2v) is 5.18. The maximum absolute atomic E-state index is 5.41. The molecule has 2 heteroatoms. The van der Waals surface area contributed by atoms with Gasteiger partial charge in [0.15, 0.2) is 0 Å². The van der Waals surface area contributed by atoms with Gasteiger partial charge < -0.3 is 9.73 Å². The Bertz CT molecular complexity index is 299. The lowest BCUT2D eigenvalue weighted by atomic mass is 9.83. The van der Waals surface area contributed by atoms with Crippen molar-refractivity contribution < 1.29 is 4.42 Å². The highest BCUT2D eigenvalue weighted by Gasteiger charge is 2.32. The van der Waals surface area contributed by atoms with Crippen LogP contribution in [0.15, 0.2) is 22.8 Å². The van der Waals surface area contributed by atoms with Gasteiger partial charge in [0.1, 0.15) is 5.76 Å². The third-order valence-corrected chi connectivity index (χ3v) is 4.17. The van der Waals surface area contributed by atoms with Crippen LogP contribution in [0.4, 0.5) is 0 Å². The molecule has 1 aromatic heterocycles. The van der Waals surface area contributed by atoms with Crippen LogP contribution in [-0.2, 0) is 0 Å². The van der Waals surface area contributed by atoms with Gasteiger partial charge in [-0.2, -0.15) is 0 Å². The Kier molecular flexibility index (Phi) is 3.70. The van der Waals surface area contributed by atoms with Gasteiger partial charge >= 0.3 is 0 Å². The second kappa shape index (κ2) is 5.05. The van der Waals surface area contributed by atoms with Crippen LogP contribution in [0.1, 0.15) is 57.8 Å². The van der Waals surface area contributed by atoms with Crippen molar-refractivity contribution in [2.45, 2.75) is 52.0 Å². The van der Waals surface area contributed by atoms with Crippen LogP contribution in [0.25, 0.3) is 0 Å². The van der Waals surface area contributed by atoms with Crippen LogP contribution in [0, 0.1) is 5.41 Å². The molecular formula is C14H23NO. The highest BCUT2D eigenvalue weighted by atomic mass is 16.3. The molecule has 0 aromatic carbocycles.